The number of carbonyl (C=O) groups is 1. The zero-order valence-corrected chi connectivity index (χ0v) is 14.2. The van der Waals surface area contributed by atoms with E-state index < -0.39 is 0 Å². The van der Waals surface area contributed by atoms with E-state index in [4.69, 9.17) is 4.74 Å². The van der Waals surface area contributed by atoms with Crippen LogP contribution in [-0.2, 0) is 6.42 Å². The van der Waals surface area contributed by atoms with Gasteiger partial charge in [-0.2, -0.15) is 0 Å². The van der Waals surface area contributed by atoms with E-state index in [2.05, 4.69) is 31.9 Å². The highest BCUT2D eigenvalue weighted by atomic mass is 79.9. The quantitative estimate of drug-likeness (QED) is 0.661. The van der Waals surface area contributed by atoms with Gasteiger partial charge in [0.05, 0.1) is 6.61 Å². The first-order chi connectivity index (χ1) is 9.60. The largest absolute Gasteiger partial charge is 0.494 e. The van der Waals surface area contributed by atoms with Gasteiger partial charge in [0.2, 0.25) is 0 Å². The number of rotatable bonds is 5. The molecule has 2 aromatic carbocycles. The van der Waals surface area contributed by atoms with Crippen LogP contribution in [0.1, 0.15) is 22.8 Å². The summed E-state index contributed by atoms with van der Waals surface area (Å²) in [6.45, 7) is 2.54. The van der Waals surface area contributed by atoms with Crippen molar-refractivity contribution in [1.29, 1.82) is 0 Å². The third-order valence-electron chi connectivity index (χ3n) is 2.81. The van der Waals surface area contributed by atoms with Crippen molar-refractivity contribution in [2.45, 2.75) is 13.3 Å². The van der Waals surface area contributed by atoms with Crippen LogP contribution >= 0.6 is 31.9 Å². The fraction of sp³-hybridized carbons (Fsp3) is 0.188. The monoisotopic (exact) mass is 396 g/mol. The first-order valence-corrected chi connectivity index (χ1v) is 7.88. The maximum absolute atomic E-state index is 12.3. The Morgan fingerprint density at radius 1 is 1.15 bits per heavy atom. The number of carbonyl (C=O) groups excluding carboxylic acids is 1. The summed E-state index contributed by atoms with van der Waals surface area (Å²) in [7, 11) is 0. The number of hydrogen-bond acceptors (Lipinski definition) is 2. The SMILES string of the molecule is CCOc1ccc(C(=O)Cc2cccc(Br)c2)c(Br)c1. The molecule has 0 fully saturated rings. The van der Waals surface area contributed by atoms with Gasteiger partial charge in [-0.15, -0.1) is 0 Å². The molecule has 2 nitrogen and oxygen atoms in total. The fourth-order valence-electron chi connectivity index (χ4n) is 1.91. The van der Waals surface area contributed by atoms with Gasteiger partial charge in [-0.3, -0.25) is 4.79 Å². The van der Waals surface area contributed by atoms with Gasteiger partial charge in [0.25, 0.3) is 0 Å². The van der Waals surface area contributed by atoms with Gasteiger partial charge in [-0.05, 0) is 58.7 Å². The number of Topliss-reactive ketones (excluding diaryl/α,β-unsaturated/α-hetero) is 1. The number of ketones is 1. The van der Waals surface area contributed by atoms with Crippen LogP contribution < -0.4 is 4.74 Å². The second-order valence-electron chi connectivity index (χ2n) is 4.30. The lowest BCUT2D eigenvalue weighted by molar-refractivity contribution is 0.0992. The highest BCUT2D eigenvalue weighted by molar-refractivity contribution is 9.10. The molecule has 2 rings (SSSR count). The Kier molecular flexibility index (Phi) is 5.38. The molecule has 0 spiro atoms. The summed E-state index contributed by atoms with van der Waals surface area (Å²) in [4.78, 5) is 12.3. The summed E-state index contributed by atoms with van der Waals surface area (Å²) in [5.74, 6) is 0.844. The van der Waals surface area contributed by atoms with E-state index in [9.17, 15) is 4.79 Å². The van der Waals surface area contributed by atoms with Crippen LogP contribution in [0.4, 0.5) is 0 Å². The van der Waals surface area contributed by atoms with Crippen molar-refractivity contribution >= 4 is 37.6 Å². The predicted molar refractivity (Wildman–Crippen MR) is 87.5 cm³/mol. The Balaban J connectivity index is 2.17. The van der Waals surface area contributed by atoms with Crippen molar-refractivity contribution in [2.75, 3.05) is 6.61 Å². The van der Waals surface area contributed by atoms with Crippen LogP contribution in [0, 0.1) is 0 Å². The molecule has 0 aliphatic heterocycles. The number of benzene rings is 2. The van der Waals surface area contributed by atoms with Crippen LogP contribution in [0.2, 0.25) is 0 Å². The predicted octanol–water partition coefficient (Wildman–Crippen LogP) is 5.04. The highest BCUT2D eigenvalue weighted by Crippen LogP contribution is 2.25. The molecule has 0 aliphatic rings. The van der Waals surface area contributed by atoms with E-state index >= 15 is 0 Å². The minimum Gasteiger partial charge on any atom is -0.494 e. The van der Waals surface area contributed by atoms with Gasteiger partial charge >= 0.3 is 0 Å². The second kappa shape index (κ2) is 7.04. The van der Waals surface area contributed by atoms with Crippen LogP contribution in [-0.4, -0.2) is 12.4 Å². The minimum absolute atomic E-state index is 0.0815. The minimum atomic E-state index is 0.0815. The molecule has 20 heavy (non-hydrogen) atoms. The molecule has 0 unspecified atom stereocenters. The lowest BCUT2D eigenvalue weighted by Crippen LogP contribution is -2.05. The topological polar surface area (TPSA) is 26.3 Å². The standard InChI is InChI=1S/C16H14Br2O2/c1-2-20-13-6-7-14(15(18)10-13)16(19)9-11-4-3-5-12(17)8-11/h3-8,10H,2,9H2,1H3. The molecule has 0 N–H and O–H groups in total. The van der Waals surface area contributed by atoms with Crippen LogP contribution in [0.5, 0.6) is 5.75 Å². The Bertz CT molecular complexity index is 624. The average molecular weight is 398 g/mol. The summed E-state index contributed by atoms with van der Waals surface area (Å²) >= 11 is 6.85. The number of halogens is 2. The van der Waals surface area contributed by atoms with E-state index in [0.717, 1.165) is 20.3 Å². The zero-order chi connectivity index (χ0) is 14.5. The lowest BCUT2D eigenvalue weighted by atomic mass is 10.0. The molecule has 4 heteroatoms. The van der Waals surface area contributed by atoms with Crippen LogP contribution in [0.15, 0.2) is 51.4 Å². The third kappa shape index (κ3) is 3.93. The molecule has 0 aliphatic carbocycles. The summed E-state index contributed by atoms with van der Waals surface area (Å²) in [5.41, 5.74) is 1.67. The highest BCUT2D eigenvalue weighted by Gasteiger charge is 2.12. The summed E-state index contributed by atoms with van der Waals surface area (Å²) < 4.78 is 7.16. The molecule has 0 saturated heterocycles. The van der Waals surface area contributed by atoms with Gasteiger partial charge < -0.3 is 4.74 Å². The van der Waals surface area contributed by atoms with E-state index in [-0.39, 0.29) is 5.78 Å². The summed E-state index contributed by atoms with van der Waals surface area (Å²) in [6, 6.07) is 13.2. The van der Waals surface area contributed by atoms with Crippen molar-refractivity contribution in [3.8, 4) is 5.75 Å². The molecular weight excluding hydrogens is 384 g/mol. The molecule has 0 atom stereocenters. The van der Waals surface area contributed by atoms with Crippen LogP contribution in [0.25, 0.3) is 0 Å². The van der Waals surface area contributed by atoms with Gasteiger partial charge in [-0.1, -0.05) is 28.1 Å². The van der Waals surface area contributed by atoms with Crippen molar-refractivity contribution in [2.24, 2.45) is 0 Å². The maximum atomic E-state index is 12.3. The van der Waals surface area contributed by atoms with Gasteiger partial charge in [-0.25, -0.2) is 0 Å². The summed E-state index contributed by atoms with van der Waals surface area (Å²) in [5, 5.41) is 0. The lowest BCUT2D eigenvalue weighted by Gasteiger charge is -2.08. The molecular formula is C16H14Br2O2. The molecule has 0 saturated carbocycles. The molecule has 104 valence electrons. The molecule has 0 bridgehead atoms. The summed E-state index contributed by atoms with van der Waals surface area (Å²) in [6.07, 6.45) is 0.381. The molecule has 0 amide bonds. The average Bonchev–Trinajstić information content (AvgIpc) is 2.39. The Morgan fingerprint density at radius 2 is 1.95 bits per heavy atom. The van der Waals surface area contributed by atoms with Crippen molar-refractivity contribution in [1.82, 2.24) is 0 Å². The van der Waals surface area contributed by atoms with Crippen molar-refractivity contribution < 1.29 is 9.53 Å². The van der Waals surface area contributed by atoms with E-state index in [1.807, 2.05) is 43.3 Å². The molecule has 0 radical (unpaired) electrons. The molecule has 2 aromatic rings. The third-order valence-corrected chi connectivity index (χ3v) is 3.96. The number of hydrogen-bond donors (Lipinski definition) is 0. The Labute approximate surface area is 135 Å². The smallest absolute Gasteiger partial charge is 0.168 e. The molecule has 0 aromatic heterocycles. The van der Waals surface area contributed by atoms with Gasteiger partial charge in [0.1, 0.15) is 5.75 Å². The van der Waals surface area contributed by atoms with E-state index in [0.29, 0.717) is 18.6 Å². The van der Waals surface area contributed by atoms with E-state index in [1.54, 1.807) is 6.07 Å². The van der Waals surface area contributed by atoms with Crippen LogP contribution in [0.3, 0.4) is 0 Å². The number of ether oxygens (including phenoxy) is 1. The van der Waals surface area contributed by atoms with Gasteiger partial charge in [0, 0.05) is 20.9 Å². The Hall–Kier alpha value is -1.13. The van der Waals surface area contributed by atoms with Crippen molar-refractivity contribution in [3.63, 3.8) is 0 Å². The normalized spacial score (nSPS) is 10.3. The first kappa shape index (κ1) is 15.3. The van der Waals surface area contributed by atoms with Crippen molar-refractivity contribution in [3.05, 3.63) is 62.5 Å². The zero-order valence-electron chi connectivity index (χ0n) is 11.0. The second-order valence-corrected chi connectivity index (χ2v) is 6.07. The fourth-order valence-corrected chi connectivity index (χ4v) is 2.93. The van der Waals surface area contributed by atoms with Gasteiger partial charge in [0.15, 0.2) is 5.78 Å². The van der Waals surface area contributed by atoms with E-state index in [1.165, 1.54) is 0 Å². The Morgan fingerprint density at radius 3 is 2.60 bits per heavy atom. The maximum Gasteiger partial charge on any atom is 0.168 e. The molecule has 0 heterocycles. The first-order valence-electron chi connectivity index (χ1n) is 6.30.